The van der Waals surface area contributed by atoms with E-state index >= 15 is 0 Å². The van der Waals surface area contributed by atoms with Gasteiger partial charge in [0.25, 0.3) is 0 Å². The van der Waals surface area contributed by atoms with E-state index in [9.17, 15) is 13.6 Å². The van der Waals surface area contributed by atoms with E-state index in [1.165, 1.54) is 25.3 Å². The normalized spacial score (nSPS) is 11.0. The van der Waals surface area contributed by atoms with Crippen molar-refractivity contribution in [3.63, 3.8) is 0 Å². The van der Waals surface area contributed by atoms with E-state index in [0.29, 0.717) is 11.1 Å². The molecular formula is C18H16F2O3. The summed E-state index contributed by atoms with van der Waals surface area (Å²) in [6.45, 7) is -0.979. The van der Waals surface area contributed by atoms with Gasteiger partial charge < -0.3 is 9.47 Å². The van der Waals surface area contributed by atoms with Crippen LogP contribution in [0.25, 0.3) is 6.08 Å². The van der Waals surface area contributed by atoms with Crippen LogP contribution in [0.4, 0.5) is 8.78 Å². The summed E-state index contributed by atoms with van der Waals surface area (Å²) in [7, 11) is 1.36. The van der Waals surface area contributed by atoms with Crippen LogP contribution in [0, 0.1) is 6.92 Å². The van der Waals surface area contributed by atoms with Crippen molar-refractivity contribution in [1.82, 2.24) is 0 Å². The second-order valence-corrected chi connectivity index (χ2v) is 4.85. The summed E-state index contributed by atoms with van der Waals surface area (Å²) in [5.41, 5.74) is 2.30. The molecule has 0 N–H and O–H groups in total. The predicted octanol–water partition coefficient (Wildman–Crippen LogP) is 4.50. The van der Waals surface area contributed by atoms with Gasteiger partial charge in [0.15, 0.2) is 17.3 Å². The summed E-state index contributed by atoms with van der Waals surface area (Å²) >= 11 is 0. The number of benzene rings is 2. The molecule has 0 heterocycles. The van der Waals surface area contributed by atoms with E-state index in [-0.39, 0.29) is 17.3 Å². The molecule has 120 valence electrons. The zero-order valence-electron chi connectivity index (χ0n) is 12.8. The van der Waals surface area contributed by atoms with Crippen molar-refractivity contribution in [3.05, 3.63) is 65.2 Å². The lowest BCUT2D eigenvalue weighted by Crippen LogP contribution is -2.03. The third-order valence-corrected chi connectivity index (χ3v) is 3.17. The molecule has 0 bridgehead atoms. The van der Waals surface area contributed by atoms with E-state index in [1.807, 2.05) is 19.1 Å². The number of aryl methyl sites for hydroxylation is 1. The Balaban J connectivity index is 2.15. The van der Waals surface area contributed by atoms with Crippen molar-refractivity contribution in [2.75, 3.05) is 7.11 Å². The van der Waals surface area contributed by atoms with Crippen LogP contribution in [0.1, 0.15) is 21.5 Å². The molecule has 0 aliphatic heterocycles. The summed E-state index contributed by atoms with van der Waals surface area (Å²) in [5.74, 6) is -0.0170. The van der Waals surface area contributed by atoms with E-state index in [0.717, 1.165) is 5.56 Å². The highest BCUT2D eigenvalue weighted by Gasteiger charge is 2.10. The number of ether oxygens (including phenoxy) is 2. The molecule has 2 aromatic rings. The zero-order chi connectivity index (χ0) is 16.8. The minimum Gasteiger partial charge on any atom is -0.493 e. The largest absolute Gasteiger partial charge is 0.493 e. The standard InChI is InChI=1S/C18H16F2O3/c1-12-3-7-14(8-4-12)15(21)9-5-13-6-10-16(23-18(19)20)17(11-13)22-2/h3-11,18H,1-2H3. The maximum Gasteiger partial charge on any atom is 0.387 e. The lowest BCUT2D eigenvalue weighted by Gasteiger charge is -2.10. The van der Waals surface area contributed by atoms with Crippen molar-refractivity contribution < 1.29 is 23.0 Å². The van der Waals surface area contributed by atoms with Crippen molar-refractivity contribution in [1.29, 1.82) is 0 Å². The Morgan fingerprint density at radius 2 is 1.78 bits per heavy atom. The highest BCUT2D eigenvalue weighted by molar-refractivity contribution is 6.06. The molecule has 0 saturated carbocycles. The first-order valence-electron chi connectivity index (χ1n) is 6.91. The van der Waals surface area contributed by atoms with Crippen molar-refractivity contribution in [3.8, 4) is 11.5 Å². The molecule has 23 heavy (non-hydrogen) atoms. The van der Waals surface area contributed by atoms with Gasteiger partial charge in [-0.3, -0.25) is 4.79 Å². The fraction of sp³-hybridized carbons (Fsp3) is 0.167. The number of alkyl halides is 2. The van der Waals surface area contributed by atoms with Gasteiger partial charge in [0.1, 0.15) is 0 Å². The van der Waals surface area contributed by atoms with Crippen LogP contribution in [0.5, 0.6) is 11.5 Å². The number of hydrogen-bond acceptors (Lipinski definition) is 3. The highest BCUT2D eigenvalue weighted by Crippen LogP contribution is 2.29. The number of allylic oxidation sites excluding steroid dienone is 1. The third kappa shape index (κ3) is 4.64. The molecular weight excluding hydrogens is 302 g/mol. The van der Waals surface area contributed by atoms with Gasteiger partial charge >= 0.3 is 6.61 Å². The molecule has 0 atom stereocenters. The predicted molar refractivity (Wildman–Crippen MR) is 84.2 cm³/mol. The minimum absolute atomic E-state index is 0.0514. The van der Waals surface area contributed by atoms with Crippen molar-refractivity contribution >= 4 is 11.9 Å². The van der Waals surface area contributed by atoms with Gasteiger partial charge in [-0.2, -0.15) is 8.78 Å². The second-order valence-electron chi connectivity index (χ2n) is 4.85. The lowest BCUT2D eigenvalue weighted by molar-refractivity contribution is -0.0512. The third-order valence-electron chi connectivity index (χ3n) is 3.17. The maximum absolute atomic E-state index is 12.3. The summed E-state index contributed by atoms with van der Waals surface area (Å²) in [4.78, 5) is 12.1. The summed E-state index contributed by atoms with van der Waals surface area (Å²) < 4.78 is 33.9. The number of carbonyl (C=O) groups excluding carboxylic acids is 1. The van der Waals surface area contributed by atoms with Crippen LogP contribution >= 0.6 is 0 Å². The van der Waals surface area contributed by atoms with Crippen molar-refractivity contribution in [2.45, 2.75) is 13.5 Å². The van der Waals surface area contributed by atoms with Gasteiger partial charge in [-0.1, -0.05) is 42.0 Å². The molecule has 5 heteroatoms. The molecule has 2 rings (SSSR count). The van der Waals surface area contributed by atoms with Crippen LogP contribution in [-0.4, -0.2) is 19.5 Å². The monoisotopic (exact) mass is 318 g/mol. The second kappa shape index (κ2) is 7.54. The number of methoxy groups -OCH3 is 1. The van der Waals surface area contributed by atoms with E-state index < -0.39 is 6.61 Å². The summed E-state index contributed by atoms with van der Waals surface area (Å²) in [6, 6.07) is 11.7. The molecule has 0 fully saturated rings. The number of carbonyl (C=O) groups is 1. The van der Waals surface area contributed by atoms with Gasteiger partial charge in [0, 0.05) is 5.56 Å². The first-order chi connectivity index (χ1) is 11.0. The average Bonchev–Trinajstić information content (AvgIpc) is 2.53. The van der Waals surface area contributed by atoms with Crippen LogP contribution in [0.15, 0.2) is 48.5 Å². The van der Waals surface area contributed by atoms with Gasteiger partial charge in [-0.15, -0.1) is 0 Å². The van der Waals surface area contributed by atoms with Gasteiger partial charge in [0.05, 0.1) is 7.11 Å². The van der Waals surface area contributed by atoms with E-state index in [2.05, 4.69) is 4.74 Å². The van der Waals surface area contributed by atoms with Crippen LogP contribution in [-0.2, 0) is 0 Å². The highest BCUT2D eigenvalue weighted by atomic mass is 19.3. The fourth-order valence-electron chi connectivity index (χ4n) is 1.97. The SMILES string of the molecule is COc1cc(C=CC(=O)c2ccc(C)cc2)ccc1OC(F)F. The molecule has 0 radical (unpaired) electrons. The number of halogens is 2. The number of ketones is 1. The Morgan fingerprint density at radius 3 is 2.39 bits per heavy atom. The van der Waals surface area contributed by atoms with Crippen molar-refractivity contribution in [2.24, 2.45) is 0 Å². The molecule has 0 saturated heterocycles. The minimum atomic E-state index is -2.92. The van der Waals surface area contributed by atoms with E-state index in [1.54, 1.807) is 24.3 Å². The first-order valence-corrected chi connectivity index (χ1v) is 6.91. The topological polar surface area (TPSA) is 35.5 Å². The molecule has 0 unspecified atom stereocenters. The van der Waals surface area contributed by atoms with Crippen LogP contribution in [0.2, 0.25) is 0 Å². The van der Waals surface area contributed by atoms with Crippen LogP contribution < -0.4 is 9.47 Å². The van der Waals surface area contributed by atoms with Gasteiger partial charge in [0.2, 0.25) is 0 Å². The van der Waals surface area contributed by atoms with E-state index in [4.69, 9.17) is 4.74 Å². The average molecular weight is 318 g/mol. The fourth-order valence-corrected chi connectivity index (χ4v) is 1.97. The Morgan fingerprint density at radius 1 is 1.09 bits per heavy atom. The Hall–Kier alpha value is -2.69. The number of rotatable bonds is 6. The maximum atomic E-state index is 12.3. The number of hydrogen-bond donors (Lipinski definition) is 0. The molecule has 0 aliphatic carbocycles. The Kier molecular flexibility index (Phi) is 5.46. The smallest absolute Gasteiger partial charge is 0.387 e. The lowest BCUT2D eigenvalue weighted by atomic mass is 10.1. The Bertz CT molecular complexity index is 707. The zero-order valence-corrected chi connectivity index (χ0v) is 12.8. The van der Waals surface area contributed by atoms with Gasteiger partial charge in [-0.25, -0.2) is 0 Å². The molecule has 3 nitrogen and oxygen atoms in total. The summed E-state index contributed by atoms with van der Waals surface area (Å²) in [6.07, 6.45) is 3.02. The van der Waals surface area contributed by atoms with Crippen LogP contribution in [0.3, 0.4) is 0 Å². The van der Waals surface area contributed by atoms with Gasteiger partial charge in [-0.05, 0) is 30.7 Å². The summed E-state index contributed by atoms with van der Waals surface area (Å²) in [5, 5.41) is 0. The quantitative estimate of drug-likeness (QED) is 0.581. The molecule has 0 aliphatic rings. The molecule has 0 amide bonds. The Labute approximate surface area is 133 Å². The first kappa shape index (κ1) is 16.7. The molecule has 2 aromatic carbocycles. The molecule has 0 spiro atoms. The molecule has 0 aromatic heterocycles.